The molecule has 0 aliphatic rings. The maximum atomic E-state index is 12.7. The molecule has 0 aliphatic heterocycles. The lowest BCUT2D eigenvalue weighted by Crippen LogP contribution is -2.08. The molecule has 0 amide bonds. The first-order valence-electron chi connectivity index (χ1n) is 4.65. The summed E-state index contributed by atoms with van der Waals surface area (Å²) in [5.74, 6) is -2.72. The van der Waals surface area contributed by atoms with Crippen LogP contribution in [-0.2, 0) is 11.0 Å². The third kappa shape index (κ3) is 3.16. The zero-order valence-corrected chi connectivity index (χ0v) is 9.15. The van der Waals surface area contributed by atoms with Gasteiger partial charge >= 0.3 is 12.1 Å². The van der Waals surface area contributed by atoms with E-state index in [0.29, 0.717) is 12.1 Å². The zero-order valence-electron chi connectivity index (χ0n) is 9.15. The number of aromatic hydroxyl groups is 1. The molecule has 18 heavy (non-hydrogen) atoms. The van der Waals surface area contributed by atoms with Crippen LogP contribution < -0.4 is 4.74 Å². The predicted molar refractivity (Wildman–Crippen MR) is 56.3 cm³/mol. The molecule has 0 saturated heterocycles. The van der Waals surface area contributed by atoms with Crippen LogP contribution >= 0.6 is 0 Å². The second-order valence-corrected chi connectivity index (χ2v) is 3.29. The van der Waals surface area contributed by atoms with Gasteiger partial charge in [-0.15, -0.1) is 0 Å². The zero-order chi connectivity index (χ0) is 13.9. The van der Waals surface area contributed by atoms with Gasteiger partial charge in [0.1, 0.15) is 5.56 Å². The largest absolute Gasteiger partial charge is 0.504 e. The van der Waals surface area contributed by atoms with E-state index in [9.17, 15) is 23.1 Å². The molecular formula is C11H9F3O4. The molecule has 0 spiro atoms. The van der Waals surface area contributed by atoms with Crippen LogP contribution in [0.5, 0.6) is 11.5 Å². The number of carboxylic acid groups (broad SMARTS) is 1. The molecule has 1 aromatic rings. The van der Waals surface area contributed by atoms with Crippen molar-refractivity contribution in [3.05, 3.63) is 29.3 Å². The Kier molecular flexibility index (Phi) is 3.85. The molecule has 0 unspecified atom stereocenters. The number of benzene rings is 1. The number of hydrogen-bond donors (Lipinski definition) is 2. The smallest absolute Gasteiger partial charge is 0.420 e. The number of ether oxygens (including phenoxy) is 1. The number of phenols is 1. The third-order valence-electron chi connectivity index (χ3n) is 2.02. The van der Waals surface area contributed by atoms with Crippen molar-refractivity contribution in [1.29, 1.82) is 0 Å². The van der Waals surface area contributed by atoms with Gasteiger partial charge in [-0.05, 0) is 23.8 Å². The van der Waals surface area contributed by atoms with E-state index in [-0.39, 0.29) is 5.56 Å². The highest BCUT2D eigenvalue weighted by atomic mass is 19.4. The maximum absolute atomic E-state index is 12.7. The van der Waals surface area contributed by atoms with Crippen LogP contribution in [0.4, 0.5) is 13.2 Å². The fraction of sp³-hybridized carbons (Fsp3) is 0.182. The van der Waals surface area contributed by atoms with Gasteiger partial charge < -0.3 is 14.9 Å². The van der Waals surface area contributed by atoms with Gasteiger partial charge in [-0.25, -0.2) is 4.79 Å². The van der Waals surface area contributed by atoms with E-state index in [1.54, 1.807) is 0 Å². The summed E-state index contributed by atoms with van der Waals surface area (Å²) >= 11 is 0. The summed E-state index contributed by atoms with van der Waals surface area (Å²) in [6.07, 6.45) is -3.10. The third-order valence-corrected chi connectivity index (χ3v) is 2.02. The topological polar surface area (TPSA) is 66.8 Å². The second kappa shape index (κ2) is 4.99. The number of rotatable bonds is 3. The summed E-state index contributed by atoms with van der Waals surface area (Å²) in [4.78, 5) is 10.3. The molecule has 0 bridgehead atoms. The normalized spacial score (nSPS) is 11.8. The first-order chi connectivity index (χ1) is 8.25. The molecule has 0 saturated carbocycles. The van der Waals surface area contributed by atoms with E-state index < -0.39 is 29.2 Å². The summed E-state index contributed by atoms with van der Waals surface area (Å²) in [6, 6.07) is 1.67. The average Bonchev–Trinajstić information content (AvgIpc) is 2.24. The number of aliphatic carboxylic acids is 1. The number of alkyl halides is 3. The van der Waals surface area contributed by atoms with Crippen molar-refractivity contribution in [2.45, 2.75) is 6.18 Å². The number of carboxylic acids is 1. The van der Waals surface area contributed by atoms with Crippen molar-refractivity contribution < 1.29 is 32.9 Å². The molecular weight excluding hydrogens is 253 g/mol. The van der Waals surface area contributed by atoms with Crippen LogP contribution in [0.2, 0.25) is 0 Å². The summed E-state index contributed by atoms with van der Waals surface area (Å²) < 4.78 is 42.5. The Morgan fingerprint density at radius 1 is 1.39 bits per heavy atom. The number of phenolic OH excluding ortho intramolecular Hbond substituents is 1. The van der Waals surface area contributed by atoms with E-state index in [2.05, 4.69) is 4.74 Å². The Balaban J connectivity index is 3.35. The molecule has 0 aromatic heterocycles. The molecule has 7 heteroatoms. The molecule has 2 N–H and O–H groups in total. The molecule has 1 aromatic carbocycles. The van der Waals surface area contributed by atoms with E-state index in [1.807, 2.05) is 0 Å². The number of hydrogen-bond acceptors (Lipinski definition) is 3. The fourth-order valence-electron chi connectivity index (χ4n) is 1.32. The van der Waals surface area contributed by atoms with E-state index in [4.69, 9.17) is 5.11 Å². The first kappa shape index (κ1) is 13.9. The van der Waals surface area contributed by atoms with Crippen LogP contribution in [0.1, 0.15) is 11.1 Å². The Hall–Kier alpha value is -2.18. The Labute approximate surface area is 99.9 Å². The lowest BCUT2D eigenvalue weighted by molar-refractivity contribution is -0.139. The van der Waals surface area contributed by atoms with E-state index >= 15 is 0 Å². The van der Waals surface area contributed by atoms with Crippen molar-refractivity contribution in [2.24, 2.45) is 0 Å². The van der Waals surface area contributed by atoms with Crippen LogP contribution in [-0.4, -0.2) is 23.3 Å². The lowest BCUT2D eigenvalue weighted by Gasteiger charge is -2.14. The number of halogens is 3. The Morgan fingerprint density at radius 3 is 2.44 bits per heavy atom. The predicted octanol–water partition coefficient (Wildman–Crippen LogP) is 2.52. The first-order valence-corrected chi connectivity index (χ1v) is 4.65. The van der Waals surface area contributed by atoms with Crippen LogP contribution in [0.15, 0.2) is 18.2 Å². The molecule has 0 atom stereocenters. The van der Waals surface area contributed by atoms with Crippen molar-refractivity contribution >= 4 is 12.0 Å². The molecule has 98 valence electrons. The summed E-state index contributed by atoms with van der Waals surface area (Å²) in [5, 5.41) is 17.8. The lowest BCUT2D eigenvalue weighted by atomic mass is 10.1. The van der Waals surface area contributed by atoms with Gasteiger partial charge in [0.25, 0.3) is 0 Å². The second-order valence-electron chi connectivity index (χ2n) is 3.29. The molecule has 4 nitrogen and oxygen atoms in total. The molecule has 0 fully saturated rings. The minimum absolute atomic E-state index is 0.0944. The van der Waals surface area contributed by atoms with Crippen molar-refractivity contribution in [1.82, 2.24) is 0 Å². The summed E-state index contributed by atoms with van der Waals surface area (Å²) in [5.41, 5.74) is -1.27. The number of carbonyl (C=O) groups is 1. The maximum Gasteiger partial charge on any atom is 0.420 e. The Bertz CT molecular complexity index is 492. The number of methoxy groups -OCH3 is 1. The van der Waals surface area contributed by atoms with Crippen LogP contribution in [0.3, 0.4) is 0 Å². The average molecular weight is 262 g/mol. The van der Waals surface area contributed by atoms with Crippen LogP contribution in [0, 0.1) is 0 Å². The fourth-order valence-corrected chi connectivity index (χ4v) is 1.32. The minimum Gasteiger partial charge on any atom is -0.504 e. The standard InChI is InChI=1S/C11H9F3O4/c1-18-10-7(11(12,13)14)4-6(5-8(10)15)2-3-9(16)17/h2-5,15H,1H3,(H,16,17)/b3-2+. The SMILES string of the molecule is COc1c(O)cc(/C=C/C(=O)O)cc1C(F)(F)F. The van der Waals surface area contributed by atoms with Gasteiger partial charge in [0.15, 0.2) is 11.5 Å². The van der Waals surface area contributed by atoms with Gasteiger partial charge in [0, 0.05) is 6.08 Å². The monoisotopic (exact) mass is 262 g/mol. The van der Waals surface area contributed by atoms with Gasteiger partial charge in [0.2, 0.25) is 0 Å². The molecule has 1 rings (SSSR count). The summed E-state index contributed by atoms with van der Waals surface area (Å²) in [7, 11) is 0.997. The van der Waals surface area contributed by atoms with Crippen molar-refractivity contribution in [2.75, 3.05) is 7.11 Å². The molecule has 0 heterocycles. The minimum atomic E-state index is -4.71. The van der Waals surface area contributed by atoms with E-state index in [1.165, 1.54) is 0 Å². The van der Waals surface area contributed by atoms with Gasteiger partial charge in [-0.2, -0.15) is 13.2 Å². The molecule has 0 aliphatic carbocycles. The molecule has 0 radical (unpaired) electrons. The highest BCUT2D eigenvalue weighted by Gasteiger charge is 2.36. The van der Waals surface area contributed by atoms with Gasteiger partial charge in [-0.1, -0.05) is 0 Å². The van der Waals surface area contributed by atoms with Crippen molar-refractivity contribution in [3.8, 4) is 11.5 Å². The van der Waals surface area contributed by atoms with Gasteiger partial charge in [-0.3, -0.25) is 0 Å². The summed E-state index contributed by atoms with van der Waals surface area (Å²) in [6.45, 7) is 0. The highest BCUT2D eigenvalue weighted by molar-refractivity contribution is 5.85. The quantitative estimate of drug-likeness (QED) is 0.821. The van der Waals surface area contributed by atoms with Gasteiger partial charge in [0.05, 0.1) is 7.11 Å². The van der Waals surface area contributed by atoms with E-state index in [0.717, 1.165) is 19.3 Å². The van der Waals surface area contributed by atoms with Crippen LogP contribution in [0.25, 0.3) is 6.08 Å². The Morgan fingerprint density at radius 2 is 2.00 bits per heavy atom. The highest BCUT2D eigenvalue weighted by Crippen LogP contribution is 2.42. The van der Waals surface area contributed by atoms with Crippen molar-refractivity contribution in [3.63, 3.8) is 0 Å².